The van der Waals surface area contributed by atoms with Gasteiger partial charge in [0.25, 0.3) is 0 Å². The summed E-state index contributed by atoms with van der Waals surface area (Å²) >= 11 is 1.70. The highest BCUT2D eigenvalue weighted by Crippen LogP contribution is 2.23. The number of hydrogen-bond donors (Lipinski definition) is 1. The van der Waals surface area contributed by atoms with Crippen LogP contribution in [-0.2, 0) is 16.4 Å². The van der Waals surface area contributed by atoms with E-state index in [9.17, 15) is 8.42 Å². The van der Waals surface area contributed by atoms with Crippen LogP contribution in [0.4, 0.5) is 5.82 Å². The lowest BCUT2D eigenvalue weighted by atomic mass is 10.2. The third-order valence-corrected chi connectivity index (χ3v) is 6.57. The van der Waals surface area contributed by atoms with Gasteiger partial charge in [0.1, 0.15) is 11.2 Å². The maximum Gasteiger partial charge on any atom is 0.166 e. The van der Waals surface area contributed by atoms with Gasteiger partial charge >= 0.3 is 0 Å². The van der Waals surface area contributed by atoms with Crippen molar-refractivity contribution in [3.8, 4) is 0 Å². The SMILES string of the molecule is CCS(=O)(=O)C1CSCCN1Cc1ccnc(N)c1. The largest absolute Gasteiger partial charge is 0.384 e. The van der Waals surface area contributed by atoms with E-state index in [1.807, 2.05) is 11.0 Å². The Kier molecular flexibility index (Phi) is 4.70. The minimum atomic E-state index is -3.04. The third-order valence-electron chi connectivity index (χ3n) is 3.24. The Balaban J connectivity index is 2.17. The summed E-state index contributed by atoms with van der Waals surface area (Å²) in [6, 6.07) is 3.69. The predicted octanol–water partition coefficient (Wildman–Crippen LogP) is 0.973. The van der Waals surface area contributed by atoms with Crippen LogP contribution >= 0.6 is 11.8 Å². The number of nitrogens with two attached hydrogens (primary N) is 1. The van der Waals surface area contributed by atoms with Crippen LogP contribution in [0.3, 0.4) is 0 Å². The van der Waals surface area contributed by atoms with E-state index in [2.05, 4.69) is 4.98 Å². The molecule has 2 rings (SSSR count). The first-order chi connectivity index (χ1) is 9.03. The zero-order valence-corrected chi connectivity index (χ0v) is 12.6. The summed E-state index contributed by atoms with van der Waals surface area (Å²) < 4.78 is 24.3. The van der Waals surface area contributed by atoms with Gasteiger partial charge in [-0.1, -0.05) is 6.92 Å². The van der Waals surface area contributed by atoms with Crippen molar-refractivity contribution in [3.63, 3.8) is 0 Å². The molecule has 1 saturated heterocycles. The normalized spacial score (nSPS) is 21.4. The van der Waals surface area contributed by atoms with Crippen LogP contribution in [0.5, 0.6) is 0 Å². The Bertz CT molecular complexity index is 534. The molecular formula is C12H19N3O2S2. The van der Waals surface area contributed by atoms with Gasteiger partial charge in [0.05, 0.1) is 0 Å². The number of pyridine rings is 1. The number of thioether (sulfide) groups is 1. The number of aromatic nitrogens is 1. The van der Waals surface area contributed by atoms with Crippen molar-refractivity contribution in [2.75, 3.05) is 29.5 Å². The molecular weight excluding hydrogens is 282 g/mol. The lowest BCUT2D eigenvalue weighted by Gasteiger charge is -2.34. The van der Waals surface area contributed by atoms with E-state index in [1.54, 1.807) is 30.9 Å². The fourth-order valence-corrected chi connectivity index (χ4v) is 5.23. The highest BCUT2D eigenvalue weighted by atomic mass is 32.2. The summed E-state index contributed by atoms with van der Waals surface area (Å²) in [7, 11) is -3.04. The van der Waals surface area contributed by atoms with E-state index >= 15 is 0 Å². The van der Waals surface area contributed by atoms with Crippen molar-refractivity contribution in [1.82, 2.24) is 9.88 Å². The first-order valence-corrected chi connectivity index (χ1v) is 9.13. The summed E-state index contributed by atoms with van der Waals surface area (Å²) in [6.07, 6.45) is 1.66. The summed E-state index contributed by atoms with van der Waals surface area (Å²) in [6.45, 7) is 3.10. The van der Waals surface area contributed by atoms with E-state index in [1.165, 1.54) is 0 Å². The predicted molar refractivity (Wildman–Crippen MR) is 79.6 cm³/mol. The molecule has 0 radical (unpaired) electrons. The van der Waals surface area contributed by atoms with Crippen molar-refractivity contribution in [2.24, 2.45) is 0 Å². The van der Waals surface area contributed by atoms with E-state index in [4.69, 9.17) is 5.73 Å². The molecule has 2 heterocycles. The first-order valence-electron chi connectivity index (χ1n) is 6.26. The Hall–Kier alpha value is -0.790. The lowest BCUT2D eigenvalue weighted by Crippen LogP contribution is -2.47. The van der Waals surface area contributed by atoms with Crippen molar-refractivity contribution >= 4 is 27.4 Å². The van der Waals surface area contributed by atoms with Crippen molar-refractivity contribution in [3.05, 3.63) is 23.9 Å². The van der Waals surface area contributed by atoms with Crippen molar-refractivity contribution in [1.29, 1.82) is 0 Å². The molecule has 0 saturated carbocycles. The molecule has 0 spiro atoms. The zero-order chi connectivity index (χ0) is 13.9. The topological polar surface area (TPSA) is 76.3 Å². The highest BCUT2D eigenvalue weighted by molar-refractivity contribution is 8.01. The van der Waals surface area contributed by atoms with E-state index in [0.29, 0.717) is 18.1 Å². The molecule has 106 valence electrons. The standard InChI is InChI=1S/C12H19N3O2S2/c1-2-19(16,17)12-9-18-6-5-15(12)8-10-3-4-14-11(13)7-10/h3-4,7,12H,2,5-6,8-9H2,1H3,(H2,13,14). The fraction of sp³-hybridized carbons (Fsp3) is 0.583. The van der Waals surface area contributed by atoms with Gasteiger partial charge in [0.2, 0.25) is 0 Å². The second kappa shape index (κ2) is 6.11. The summed E-state index contributed by atoms with van der Waals surface area (Å²) in [5.74, 6) is 2.28. The second-order valence-electron chi connectivity index (χ2n) is 4.54. The summed E-state index contributed by atoms with van der Waals surface area (Å²) in [5, 5.41) is -0.384. The second-order valence-corrected chi connectivity index (χ2v) is 8.14. The van der Waals surface area contributed by atoms with Gasteiger partial charge in [-0.25, -0.2) is 13.4 Å². The van der Waals surface area contributed by atoms with Crippen LogP contribution in [0.1, 0.15) is 12.5 Å². The Morgan fingerprint density at radius 1 is 1.58 bits per heavy atom. The molecule has 1 aromatic heterocycles. The lowest BCUT2D eigenvalue weighted by molar-refractivity contribution is 0.261. The number of nitrogen functional groups attached to an aromatic ring is 1. The van der Waals surface area contributed by atoms with Gasteiger partial charge in [-0.05, 0) is 17.7 Å². The van der Waals surface area contributed by atoms with Crippen LogP contribution in [0, 0.1) is 0 Å². The van der Waals surface area contributed by atoms with Crippen LogP contribution in [0.2, 0.25) is 0 Å². The van der Waals surface area contributed by atoms with Gasteiger partial charge in [-0.3, -0.25) is 4.90 Å². The van der Waals surface area contributed by atoms with Crippen LogP contribution in [0.15, 0.2) is 18.3 Å². The van der Waals surface area contributed by atoms with Gasteiger partial charge in [0.15, 0.2) is 9.84 Å². The summed E-state index contributed by atoms with van der Waals surface area (Å²) in [5.41, 5.74) is 6.67. The van der Waals surface area contributed by atoms with E-state index < -0.39 is 9.84 Å². The number of hydrogen-bond acceptors (Lipinski definition) is 6. The monoisotopic (exact) mass is 301 g/mol. The molecule has 7 heteroatoms. The van der Waals surface area contributed by atoms with Gasteiger partial charge in [-0.2, -0.15) is 11.8 Å². The molecule has 1 aliphatic rings. The van der Waals surface area contributed by atoms with Crippen LogP contribution in [0.25, 0.3) is 0 Å². The molecule has 1 aromatic rings. The molecule has 19 heavy (non-hydrogen) atoms. The highest BCUT2D eigenvalue weighted by Gasteiger charge is 2.32. The number of anilines is 1. The van der Waals surface area contributed by atoms with E-state index in [0.717, 1.165) is 17.9 Å². The van der Waals surface area contributed by atoms with Crippen molar-refractivity contribution < 1.29 is 8.42 Å². The number of rotatable bonds is 4. The molecule has 2 N–H and O–H groups in total. The quantitative estimate of drug-likeness (QED) is 0.893. The molecule has 1 fully saturated rings. The molecule has 5 nitrogen and oxygen atoms in total. The molecule has 0 aliphatic carbocycles. The third kappa shape index (κ3) is 3.61. The van der Waals surface area contributed by atoms with Gasteiger partial charge in [0, 0.05) is 36.5 Å². The number of nitrogens with zero attached hydrogens (tertiary/aromatic N) is 2. The maximum absolute atomic E-state index is 12.1. The maximum atomic E-state index is 12.1. The molecule has 0 amide bonds. The summed E-state index contributed by atoms with van der Waals surface area (Å²) in [4.78, 5) is 5.99. The van der Waals surface area contributed by atoms with Crippen molar-refractivity contribution in [2.45, 2.75) is 18.8 Å². The Labute approximate surface area is 118 Å². The minimum absolute atomic E-state index is 0.188. The Morgan fingerprint density at radius 3 is 3.05 bits per heavy atom. The Morgan fingerprint density at radius 2 is 2.37 bits per heavy atom. The average molecular weight is 301 g/mol. The average Bonchev–Trinajstić information content (AvgIpc) is 2.39. The molecule has 1 aliphatic heterocycles. The molecule has 1 unspecified atom stereocenters. The van der Waals surface area contributed by atoms with Crippen LogP contribution < -0.4 is 5.73 Å². The molecule has 1 atom stereocenters. The minimum Gasteiger partial charge on any atom is -0.384 e. The smallest absolute Gasteiger partial charge is 0.166 e. The molecule has 0 aromatic carbocycles. The van der Waals surface area contributed by atoms with E-state index in [-0.39, 0.29) is 11.1 Å². The van der Waals surface area contributed by atoms with Crippen LogP contribution in [-0.4, -0.2) is 47.5 Å². The van der Waals surface area contributed by atoms with Gasteiger partial charge in [-0.15, -0.1) is 0 Å². The molecule has 0 bridgehead atoms. The first kappa shape index (κ1) is 14.6. The zero-order valence-electron chi connectivity index (χ0n) is 10.9. The van der Waals surface area contributed by atoms with Gasteiger partial charge < -0.3 is 5.73 Å². The number of sulfone groups is 1. The fourth-order valence-electron chi connectivity index (χ4n) is 2.15.